The van der Waals surface area contributed by atoms with E-state index < -0.39 is 0 Å². The van der Waals surface area contributed by atoms with Crippen LogP contribution in [0.1, 0.15) is 38.3 Å². The van der Waals surface area contributed by atoms with Gasteiger partial charge in [0, 0.05) is 12.6 Å². The van der Waals surface area contributed by atoms with E-state index in [-0.39, 0.29) is 0 Å². The number of nitrogens with one attached hydrogen (secondary N) is 1. The van der Waals surface area contributed by atoms with Crippen molar-refractivity contribution in [3.05, 3.63) is 22.4 Å². The Morgan fingerprint density at radius 2 is 2.47 bits per heavy atom. The zero-order chi connectivity index (χ0) is 10.7. The van der Waals surface area contributed by atoms with E-state index in [4.69, 9.17) is 4.74 Å². The number of thiophene rings is 1. The van der Waals surface area contributed by atoms with Crippen LogP contribution in [0.15, 0.2) is 16.8 Å². The van der Waals surface area contributed by atoms with E-state index in [1.54, 1.807) is 11.3 Å². The second-order valence-electron chi connectivity index (χ2n) is 4.33. The molecule has 3 unspecified atom stereocenters. The van der Waals surface area contributed by atoms with Gasteiger partial charge in [0.25, 0.3) is 0 Å². The fraction of sp³-hybridized carbons (Fsp3) is 0.667. The van der Waals surface area contributed by atoms with Gasteiger partial charge >= 0.3 is 0 Å². The normalized spacial score (nSPS) is 28.1. The number of hydrogen-bond donors (Lipinski definition) is 1. The Hall–Kier alpha value is -0.380. The highest BCUT2D eigenvalue weighted by Crippen LogP contribution is 2.20. The summed E-state index contributed by atoms with van der Waals surface area (Å²) < 4.78 is 5.77. The van der Waals surface area contributed by atoms with Gasteiger partial charge in [0.1, 0.15) is 0 Å². The molecule has 0 saturated carbocycles. The summed E-state index contributed by atoms with van der Waals surface area (Å²) in [5, 5.41) is 7.86. The van der Waals surface area contributed by atoms with Crippen molar-refractivity contribution in [2.45, 2.75) is 44.9 Å². The summed E-state index contributed by atoms with van der Waals surface area (Å²) in [6, 6.07) is 2.62. The molecule has 0 aromatic carbocycles. The summed E-state index contributed by atoms with van der Waals surface area (Å²) in [5.74, 6) is 0. The highest BCUT2D eigenvalue weighted by atomic mass is 32.1. The van der Waals surface area contributed by atoms with Gasteiger partial charge in [-0.2, -0.15) is 11.3 Å². The van der Waals surface area contributed by atoms with Gasteiger partial charge in [-0.15, -0.1) is 0 Å². The lowest BCUT2D eigenvalue weighted by atomic mass is 10.1. The van der Waals surface area contributed by atoms with E-state index in [1.165, 1.54) is 18.4 Å². The Morgan fingerprint density at radius 3 is 3.07 bits per heavy atom. The third kappa shape index (κ3) is 3.03. The first-order valence-corrected chi connectivity index (χ1v) is 6.61. The molecule has 1 aromatic heterocycles. The maximum atomic E-state index is 5.77. The second-order valence-corrected chi connectivity index (χ2v) is 5.11. The predicted octanol–water partition coefficient (Wildman–Crippen LogP) is 2.97. The average molecular weight is 225 g/mol. The third-order valence-electron chi connectivity index (χ3n) is 3.01. The standard InChI is InChI=1S/C12H19NOS/c1-9-3-4-12(14-9)7-13-10(2)11-5-6-15-8-11/h5-6,8-10,12-13H,3-4,7H2,1-2H3. The Balaban J connectivity index is 1.74. The van der Waals surface area contributed by atoms with Gasteiger partial charge in [-0.1, -0.05) is 0 Å². The van der Waals surface area contributed by atoms with Crippen molar-refractivity contribution >= 4 is 11.3 Å². The summed E-state index contributed by atoms with van der Waals surface area (Å²) in [6.07, 6.45) is 3.28. The lowest BCUT2D eigenvalue weighted by Crippen LogP contribution is -2.28. The average Bonchev–Trinajstić information content (AvgIpc) is 2.84. The molecule has 2 heterocycles. The van der Waals surface area contributed by atoms with Gasteiger partial charge in [-0.05, 0) is 49.1 Å². The van der Waals surface area contributed by atoms with Gasteiger partial charge in [0.15, 0.2) is 0 Å². The van der Waals surface area contributed by atoms with Crippen molar-refractivity contribution in [3.8, 4) is 0 Å². The molecule has 1 fully saturated rings. The van der Waals surface area contributed by atoms with Crippen LogP contribution in [0.2, 0.25) is 0 Å². The molecule has 1 saturated heterocycles. The third-order valence-corrected chi connectivity index (χ3v) is 3.72. The smallest absolute Gasteiger partial charge is 0.0704 e. The Bertz CT molecular complexity index is 286. The maximum Gasteiger partial charge on any atom is 0.0704 e. The zero-order valence-corrected chi connectivity index (χ0v) is 10.2. The van der Waals surface area contributed by atoms with E-state index in [9.17, 15) is 0 Å². The molecule has 0 spiro atoms. The first-order valence-electron chi connectivity index (χ1n) is 5.66. The Kier molecular flexibility index (Phi) is 3.78. The molecule has 1 N–H and O–H groups in total. The summed E-state index contributed by atoms with van der Waals surface area (Å²) in [7, 11) is 0. The molecule has 2 nitrogen and oxygen atoms in total. The molecule has 1 aromatic rings. The van der Waals surface area contributed by atoms with Crippen molar-refractivity contribution in [2.24, 2.45) is 0 Å². The molecule has 0 aliphatic carbocycles. The van der Waals surface area contributed by atoms with Crippen LogP contribution in [0, 0.1) is 0 Å². The Labute approximate surface area is 95.6 Å². The Morgan fingerprint density at radius 1 is 1.60 bits per heavy atom. The largest absolute Gasteiger partial charge is 0.374 e. The van der Waals surface area contributed by atoms with Crippen molar-refractivity contribution < 1.29 is 4.74 Å². The summed E-state index contributed by atoms with van der Waals surface area (Å²) >= 11 is 1.76. The molecule has 84 valence electrons. The highest BCUT2D eigenvalue weighted by Gasteiger charge is 2.21. The fourth-order valence-electron chi connectivity index (χ4n) is 1.98. The van der Waals surface area contributed by atoms with Crippen LogP contribution in [0.3, 0.4) is 0 Å². The fourth-order valence-corrected chi connectivity index (χ4v) is 2.74. The van der Waals surface area contributed by atoms with Gasteiger partial charge < -0.3 is 10.1 Å². The molecule has 1 aliphatic rings. The van der Waals surface area contributed by atoms with E-state index in [1.807, 2.05) is 0 Å². The molecule has 3 atom stereocenters. The SMILES string of the molecule is CC1CCC(CNC(C)c2ccsc2)O1. The van der Waals surface area contributed by atoms with Crippen molar-refractivity contribution in [3.63, 3.8) is 0 Å². The molecule has 3 heteroatoms. The summed E-state index contributed by atoms with van der Waals surface area (Å²) in [5.41, 5.74) is 1.38. The minimum Gasteiger partial charge on any atom is -0.374 e. The van der Waals surface area contributed by atoms with E-state index in [2.05, 4.69) is 36.0 Å². The van der Waals surface area contributed by atoms with Crippen LogP contribution >= 0.6 is 11.3 Å². The van der Waals surface area contributed by atoms with Crippen LogP contribution in [0.4, 0.5) is 0 Å². The van der Waals surface area contributed by atoms with Crippen LogP contribution in [-0.4, -0.2) is 18.8 Å². The monoisotopic (exact) mass is 225 g/mol. The quantitative estimate of drug-likeness (QED) is 0.850. The van der Waals surface area contributed by atoms with Crippen molar-refractivity contribution in [1.29, 1.82) is 0 Å². The minimum atomic E-state index is 0.418. The van der Waals surface area contributed by atoms with Crippen LogP contribution in [0.5, 0.6) is 0 Å². The lowest BCUT2D eigenvalue weighted by molar-refractivity contribution is 0.0546. The molecule has 2 rings (SSSR count). The van der Waals surface area contributed by atoms with Crippen molar-refractivity contribution in [1.82, 2.24) is 5.32 Å². The number of rotatable bonds is 4. The second kappa shape index (κ2) is 5.10. The number of hydrogen-bond acceptors (Lipinski definition) is 3. The molecule has 0 bridgehead atoms. The molecule has 0 amide bonds. The first kappa shape index (κ1) is 11.1. The lowest BCUT2D eigenvalue weighted by Gasteiger charge is -2.16. The predicted molar refractivity (Wildman–Crippen MR) is 64.3 cm³/mol. The maximum absolute atomic E-state index is 5.77. The molecule has 15 heavy (non-hydrogen) atoms. The van der Waals surface area contributed by atoms with Crippen molar-refractivity contribution in [2.75, 3.05) is 6.54 Å². The number of ether oxygens (including phenoxy) is 1. The van der Waals surface area contributed by atoms with Crippen LogP contribution in [0.25, 0.3) is 0 Å². The highest BCUT2D eigenvalue weighted by molar-refractivity contribution is 7.07. The van der Waals surface area contributed by atoms with Gasteiger partial charge in [0.05, 0.1) is 12.2 Å². The zero-order valence-electron chi connectivity index (χ0n) is 9.40. The summed E-state index contributed by atoms with van der Waals surface area (Å²) in [4.78, 5) is 0. The summed E-state index contributed by atoms with van der Waals surface area (Å²) in [6.45, 7) is 5.34. The van der Waals surface area contributed by atoms with Crippen LogP contribution in [-0.2, 0) is 4.74 Å². The van der Waals surface area contributed by atoms with E-state index in [0.29, 0.717) is 18.2 Å². The van der Waals surface area contributed by atoms with Gasteiger partial charge in [-0.3, -0.25) is 0 Å². The van der Waals surface area contributed by atoms with Gasteiger partial charge in [-0.25, -0.2) is 0 Å². The first-order chi connectivity index (χ1) is 7.25. The van der Waals surface area contributed by atoms with Crippen LogP contribution < -0.4 is 5.32 Å². The van der Waals surface area contributed by atoms with E-state index in [0.717, 1.165) is 6.54 Å². The molecular weight excluding hydrogens is 206 g/mol. The molecular formula is C12H19NOS. The van der Waals surface area contributed by atoms with Gasteiger partial charge in [0.2, 0.25) is 0 Å². The van der Waals surface area contributed by atoms with E-state index >= 15 is 0 Å². The molecule has 0 radical (unpaired) electrons. The minimum absolute atomic E-state index is 0.418. The molecule has 1 aliphatic heterocycles. The topological polar surface area (TPSA) is 21.3 Å².